The van der Waals surface area contributed by atoms with Gasteiger partial charge in [-0.05, 0) is 80.4 Å². The summed E-state index contributed by atoms with van der Waals surface area (Å²) in [7, 11) is -1.02. The van der Waals surface area contributed by atoms with Gasteiger partial charge in [0.25, 0.3) is 0 Å². The summed E-state index contributed by atoms with van der Waals surface area (Å²) in [5.41, 5.74) is 7.58. The van der Waals surface area contributed by atoms with Crippen molar-refractivity contribution in [2.45, 2.75) is 0 Å². The van der Waals surface area contributed by atoms with E-state index in [0.717, 1.165) is 45.0 Å². The van der Waals surface area contributed by atoms with Gasteiger partial charge in [-0.3, -0.25) is 4.57 Å². The van der Waals surface area contributed by atoms with Crippen molar-refractivity contribution < 1.29 is 4.94 Å². The van der Waals surface area contributed by atoms with Crippen molar-refractivity contribution in [2.75, 3.05) is 17.2 Å². The number of hydroxylamine groups is 1. The lowest BCUT2D eigenvalue weighted by molar-refractivity contribution is 0.142. The lowest BCUT2D eigenvalue weighted by atomic mass is 10.1. The number of pyridine rings is 1. The smallest absolute Gasteiger partial charge is 0.179 e. The van der Waals surface area contributed by atoms with Crippen LogP contribution in [0.5, 0.6) is 0 Å². The second kappa shape index (κ2) is 13.0. The molecule has 1 aliphatic rings. The molecule has 0 bridgehead atoms. The third-order valence-electron chi connectivity index (χ3n) is 10.8. The number of anilines is 3. The molecule has 1 aliphatic heterocycles. The molecule has 0 atom stereocenters. The Morgan fingerprint density at radius 3 is 1.83 bits per heavy atom. The fourth-order valence-corrected chi connectivity index (χ4v) is 13.1. The van der Waals surface area contributed by atoms with E-state index in [0.29, 0.717) is 0 Å². The molecule has 0 fully saturated rings. The molecule has 0 radical (unpaired) electrons. The second-order valence-corrected chi connectivity index (χ2v) is 17.6. The van der Waals surface area contributed by atoms with E-state index in [4.69, 9.17) is 9.92 Å². The van der Waals surface area contributed by atoms with Crippen LogP contribution < -0.4 is 30.9 Å². The molecule has 0 amide bonds. The number of rotatable bonds is 7. The molecule has 2 aromatic heterocycles. The molecule has 54 heavy (non-hydrogen) atoms. The van der Waals surface area contributed by atoms with Crippen LogP contribution in [0.15, 0.2) is 200 Å². The van der Waals surface area contributed by atoms with Crippen molar-refractivity contribution in [3.63, 3.8) is 0 Å². The maximum absolute atomic E-state index is 6.37. The highest BCUT2D eigenvalue weighted by molar-refractivity contribution is 7.20. The first-order valence-corrected chi connectivity index (χ1v) is 20.3. The molecular weight excluding hydrogens is 677 g/mol. The molecule has 3 heterocycles. The van der Waals surface area contributed by atoms with E-state index < -0.39 is 8.07 Å². The average molecular weight is 713 g/mol. The number of hydrogen-bond donors (Lipinski definition) is 0. The maximum Gasteiger partial charge on any atom is 0.179 e. The van der Waals surface area contributed by atoms with E-state index >= 15 is 0 Å². The summed E-state index contributed by atoms with van der Waals surface area (Å²) in [4.78, 5) is 11.4. The number of hydrogen-bond acceptors (Lipinski definition) is 4. The quantitative estimate of drug-likeness (QED) is 0.122. The van der Waals surface area contributed by atoms with Crippen LogP contribution in [0.1, 0.15) is 0 Å². The third-order valence-corrected chi connectivity index (χ3v) is 15.5. The lowest BCUT2D eigenvalue weighted by Crippen LogP contribution is -2.74. The van der Waals surface area contributed by atoms with Crippen molar-refractivity contribution in [3.05, 3.63) is 200 Å². The molecule has 6 heteroatoms. The topological polar surface area (TPSA) is 33.5 Å². The largest absolute Gasteiger partial charge is 0.294 e. The number of para-hydroxylation sites is 3. The van der Waals surface area contributed by atoms with Crippen molar-refractivity contribution >= 4 is 67.7 Å². The van der Waals surface area contributed by atoms with Crippen LogP contribution in [0.3, 0.4) is 0 Å². The molecule has 258 valence electrons. The fourth-order valence-electron chi connectivity index (χ4n) is 8.34. The van der Waals surface area contributed by atoms with Gasteiger partial charge in [-0.2, -0.15) is 5.06 Å². The molecule has 0 unspecified atom stereocenters. The minimum absolute atomic E-state index is 0.891. The van der Waals surface area contributed by atoms with Gasteiger partial charge in [0.2, 0.25) is 0 Å². The molecule has 10 rings (SSSR count). The molecule has 0 spiro atoms. The number of benzene rings is 7. The maximum atomic E-state index is 6.37. The Labute approximate surface area is 315 Å². The molecular formula is C48H36N4OSi. The van der Waals surface area contributed by atoms with Crippen LogP contribution in [0.2, 0.25) is 0 Å². The second-order valence-electron chi connectivity index (χ2n) is 13.7. The summed E-state index contributed by atoms with van der Waals surface area (Å²) < 4.78 is 2.34. The normalized spacial score (nSPS) is 12.8. The average Bonchev–Trinajstić information content (AvgIpc) is 3.77. The molecule has 0 aliphatic carbocycles. The third kappa shape index (κ3) is 5.07. The molecule has 7 aromatic carbocycles. The SMILES string of the molecule is CN1ON(c2cccc([Si](c3ccccc3)(c3ccccc3)c3ccc4c5ccccc5n(-c5cc(-c6ccccc6)ccn5)c4c3)c2)c2ccccc21. The summed E-state index contributed by atoms with van der Waals surface area (Å²) in [6, 6.07) is 70.1. The van der Waals surface area contributed by atoms with E-state index in [1.807, 2.05) is 29.4 Å². The predicted octanol–water partition coefficient (Wildman–Crippen LogP) is 8.66. The van der Waals surface area contributed by atoms with Gasteiger partial charge in [-0.25, -0.2) is 10.0 Å². The van der Waals surface area contributed by atoms with Gasteiger partial charge >= 0.3 is 0 Å². The van der Waals surface area contributed by atoms with E-state index in [1.165, 1.54) is 31.5 Å². The fraction of sp³-hybridized carbons (Fsp3) is 0.0208. The van der Waals surface area contributed by atoms with Gasteiger partial charge < -0.3 is 0 Å². The van der Waals surface area contributed by atoms with Crippen LogP contribution in [0, 0.1) is 0 Å². The van der Waals surface area contributed by atoms with Crippen LogP contribution >= 0.6 is 0 Å². The van der Waals surface area contributed by atoms with Gasteiger partial charge in [0.15, 0.2) is 8.07 Å². The Bertz CT molecular complexity index is 2750. The first-order valence-electron chi connectivity index (χ1n) is 18.3. The van der Waals surface area contributed by atoms with Gasteiger partial charge in [0.05, 0.1) is 28.1 Å². The zero-order valence-corrected chi connectivity index (χ0v) is 30.7. The highest BCUT2D eigenvalue weighted by atomic mass is 28.3. The highest BCUT2D eigenvalue weighted by Gasteiger charge is 2.42. The minimum atomic E-state index is -2.97. The van der Waals surface area contributed by atoms with Crippen LogP contribution in [0.25, 0.3) is 38.8 Å². The van der Waals surface area contributed by atoms with Crippen LogP contribution in [-0.4, -0.2) is 24.7 Å². The van der Waals surface area contributed by atoms with Gasteiger partial charge in [0, 0.05) is 24.0 Å². The van der Waals surface area contributed by atoms with Crippen LogP contribution in [-0.2, 0) is 4.94 Å². The van der Waals surface area contributed by atoms with E-state index in [1.54, 1.807) is 0 Å². The predicted molar refractivity (Wildman–Crippen MR) is 226 cm³/mol. The molecule has 9 aromatic rings. The van der Waals surface area contributed by atoms with Gasteiger partial charge in [-0.15, -0.1) is 4.94 Å². The van der Waals surface area contributed by atoms with Crippen molar-refractivity contribution in [1.29, 1.82) is 0 Å². The van der Waals surface area contributed by atoms with Crippen molar-refractivity contribution in [2.24, 2.45) is 0 Å². The zero-order chi connectivity index (χ0) is 36.1. The molecule has 0 saturated heterocycles. The summed E-state index contributed by atoms with van der Waals surface area (Å²) in [5.74, 6) is 0.891. The molecule has 0 saturated carbocycles. The van der Waals surface area contributed by atoms with E-state index in [9.17, 15) is 0 Å². The monoisotopic (exact) mass is 712 g/mol. The minimum Gasteiger partial charge on any atom is -0.294 e. The number of fused-ring (bicyclic) bond motifs is 4. The van der Waals surface area contributed by atoms with Gasteiger partial charge in [-0.1, -0.05) is 146 Å². The first-order chi connectivity index (χ1) is 26.7. The first kappa shape index (κ1) is 32.0. The molecule has 5 nitrogen and oxygen atoms in total. The Morgan fingerprint density at radius 1 is 0.463 bits per heavy atom. The Hall–Kier alpha value is -6.73. The van der Waals surface area contributed by atoms with Crippen molar-refractivity contribution in [1.82, 2.24) is 9.55 Å². The standard InChI is InChI=1S/C48H36N4OSi/c1-50-45-26-13-14-27-46(45)52(53-50)37-18-15-23-40(33-37)54(38-19-7-3-8-20-38,39-21-9-4-10-22-39)41-28-29-43-42-24-11-12-25-44(42)51(47(43)34-41)48-32-36(30-31-49-48)35-16-5-2-6-17-35/h2-34H,1H3. The van der Waals surface area contributed by atoms with Gasteiger partial charge in [0.1, 0.15) is 5.82 Å². The lowest BCUT2D eigenvalue weighted by Gasteiger charge is -2.35. The Balaban J connectivity index is 1.25. The summed E-state index contributed by atoms with van der Waals surface area (Å²) in [5, 5.41) is 11.3. The van der Waals surface area contributed by atoms with Crippen LogP contribution in [0.4, 0.5) is 17.1 Å². The van der Waals surface area contributed by atoms with E-state index in [2.05, 4.69) is 193 Å². The Morgan fingerprint density at radius 2 is 1.07 bits per heavy atom. The zero-order valence-electron chi connectivity index (χ0n) is 29.7. The summed E-state index contributed by atoms with van der Waals surface area (Å²) in [6.45, 7) is 0. The summed E-state index contributed by atoms with van der Waals surface area (Å²) >= 11 is 0. The summed E-state index contributed by atoms with van der Waals surface area (Å²) in [6.07, 6.45) is 1.93. The van der Waals surface area contributed by atoms with Crippen molar-refractivity contribution in [3.8, 4) is 16.9 Å². The Kier molecular flexibility index (Phi) is 7.72. The highest BCUT2D eigenvalue weighted by Crippen LogP contribution is 2.40. The van der Waals surface area contributed by atoms with E-state index in [-0.39, 0.29) is 0 Å². The number of nitrogens with zero attached hydrogens (tertiary/aromatic N) is 4. The number of aromatic nitrogens is 2. The molecule has 0 N–H and O–H groups in total.